The van der Waals surface area contributed by atoms with Gasteiger partial charge < -0.3 is 15.7 Å². The second-order valence-corrected chi connectivity index (χ2v) is 4.89. The summed E-state index contributed by atoms with van der Waals surface area (Å²) in [5.41, 5.74) is 8.64. The number of aliphatic hydroxyl groups is 1. The van der Waals surface area contributed by atoms with E-state index in [1.807, 2.05) is 30.5 Å². The second kappa shape index (κ2) is 4.46. The number of pyridine rings is 1. The summed E-state index contributed by atoms with van der Waals surface area (Å²) < 4.78 is 0. The van der Waals surface area contributed by atoms with Gasteiger partial charge in [0, 0.05) is 48.6 Å². The Hall–Kier alpha value is -1.81. The number of aromatic nitrogens is 1. The first-order valence-electron chi connectivity index (χ1n) is 6.28. The quantitative estimate of drug-likeness (QED) is 0.787. The topological polar surface area (TPSA) is 62.4 Å². The Morgan fingerprint density at radius 2 is 2.28 bits per heavy atom. The molecule has 1 unspecified atom stereocenters. The number of fused-ring (bicyclic) bond motifs is 1. The Labute approximate surface area is 106 Å². The van der Waals surface area contributed by atoms with E-state index in [9.17, 15) is 5.11 Å². The van der Waals surface area contributed by atoms with Crippen molar-refractivity contribution in [3.05, 3.63) is 30.5 Å². The summed E-state index contributed by atoms with van der Waals surface area (Å²) in [7, 11) is 0. The molecule has 1 aromatic carbocycles. The van der Waals surface area contributed by atoms with E-state index in [4.69, 9.17) is 5.73 Å². The van der Waals surface area contributed by atoms with Crippen LogP contribution in [0.2, 0.25) is 0 Å². The number of aliphatic hydroxyl groups excluding tert-OH is 1. The molecule has 0 bridgehead atoms. The maximum Gasteiger partial charge on any atom is 0.0743 e. The van der Waals surface area contributed by atoms with E-state index < -0.39 is 0 Å². The fourth-order valence-corrected chi connectivity index (χ4v) is 2.63. The molecule has 1 aliphatic rings. The molecule has 3 rings (SSSR count). The number of hydrogen-bond donors (Lipinski definition) is 2. The fourth-order valence-electron chi connectivity index (χ4n) is 2.63. The van der Waals surface area contributed by atoms with Crippen LogP contribution in [-0.4, -0.2) is 29.8 Å². The van der Waals surface area contributed by atoms with Crippen LogP contribution in [0.1, 0.15) is 6.42 Å². The minimum absolute atomic E-state index is 0.270. The predicted octanol–water partition coefficient (Wildman–Crippen LogP) is 1.64. The molecule has 4 heteroatoms. The first kappa shape index (κ1) is 11.3. The molecule has 0 saturated carbocycles. The molecule has 94 valence electrons. The minimum Gasteiger partial charge on any atom is -0.399 e. The molecule has 0 spiro atoms. The monoisotopic (exact) mass is 243 g/mol. The van der Waals surface area contributed by atoms with E-state index in [1.54, 1.807) is 0 Å². The van der Waals surface area contributed by atoms with Crippen LogP contribution in [-0.2, 0) is 0 Å². The van der Waals surface area contributed by atoms with Crippen molar-refractivity contribution in [1.82, 2.24) is 4.98 Å². The molecule has 4 nitrogen and oxygen atoms in total. The van der Waals surface area contributed by atoms with Crippen molar-refractivity contribution < 1.29 is 5.11 Å². The maximum absolute atomic E-state index is 9.22. The highest BCUT2D eigenvalue weighted by molar-refractivity contribution is 5.93. The molecule has 1 aromatic heterocycles. The van der Waals surface area contributed by atoms with Crippen LogP contribution in [0.25, 0.3) is 10.9 Å². The van der Waals surface area contributed by atoms with Gasteiger partial charge in [-0.1, -0.05) is 0 Å². The van der Waals surface area contributed by atoms with E-state index in [2.05, 4.69) is 9.88 Å². The highest BCUT2D eigenvalue weighted by Crippen LogP contribution is 2.30. The van der Waals surface area contributed by atoms with Crippen molar-refractivity contribution in [2.24, 2.45) is 5.92 Å². The molecule has 1 atom stereocenters. The molecule has 1 fully saturated rings. The third kappa shape index (κ3) is 1.88. The molecule has 1 saturated heterocycles. The normalized spacial score (nSPS) is 19.6. The molecule has 2 heterocycles. The molecule has 0 radical (unpaired) electrons. The molecule has 1 aliphatic heterocycles. The van der Waals surface area contributed by atoms with Crippen LogP contribution in [0.4, 0.5) is 11.4 Å². The Morgan fingerprint density at radius 3 is 3.06 bits per heavy atom. The Bertz CT molecular complexity index is 570. The lowest BCUT2D eigenvalue weighted by molar-refractivity contribution is 0.238. The standard InChI is InChI=1S/C14H17N3O/c15-11-1-2-12-13(7-11)16-5-3-14(12)17-6-4-10(8-17)9-18/h1-3,5,7,10,18H,4,6,8-9,15H2. The number of hydrogen-bond acceptors (Lipinski definition) is 4. The lowest BCUT2D eigenvalue weighted by atomic mass is 10.1. The van der Waals surface area contributed by atoms with Crippen LogP contribution in [0, 0.1) is 5.92 Å². The fraction of sp³-hybridized carbons (Fsp3) is 0.357. The average molecular weight is 243 g/mol. The van der Waals surface area contributed by atoms with Gasteiger partial charge in [0.1, 0.15) is 0 Å². The molecule has 18 heavy (non-hydrogen) atoms. The smallest absolute Gasteiger partial charge is 0.0743 e. The molecule has 3 N–H and O–H groups in total. The summed E-state index contributed by atoms with van der Waals surface area (Å²) in [5, 5.41) is 10.4. The van der Waals surface area contributed by atoms with Crippen molar-refractivity contribution in [3.8, 4) is 0 Å². The van der Waals surface area contributed by atoms with Crippen LogP contribution in [0.15, 0.2) is 30.5 Å². The highest BCUT2D eigenvalue weighted by Gasteiger charge is 2.23. The van der Waals surface area contributed by atoms with E-state index >= 15 is 0 Å². The summed E-state index contributed by atoms with van der Waals surface area (Å²) in [6.07, 6.45) is 2.87. The van der Waals surface area contributed by atoms with Crippen molar-refractivity contribution in [1.29, 1.82) is 0 Å². The first-order valence-corrected chi connectivity index (χ1v) is 6.28. The molecule has 2 aromatic rings. The van der Waals surface area contributed by atoms with Crippen LogP contribution < -0.4 is 10.6 Å². The van der Waals surface area contributed by atoms with Gasteiger partial charge in [0.15, 0.2) is 0 Å². The van der Waals surface area contributed by atoms with Gasteiger partial charge in [-0.25, -0.2) is 0 Å². The number of anilines is 2. The summed E-state index contributed by atoms with van der Waals surface area (Å²) >= 11 is 0. The van der Waals surface area contributed by atoms with Gasteiger partial charge in [-0.2, -0.15) is 0 Å². The third-order valence-electron chi connectivity index (χ3n) is 3.63. The van der Waals surface area contributed by atoms with Crippen LogP contribution in [0.5, 0.6) is 0 Å². The number of nitrogen functional groups attached to an aromatic ring is 1. The summed E-state index contributed by atoms with van der Waals surface area (Å²) in [4.78, 5) is 6.68. The zero-order valence-corrected chi connectivity index (χ0v) is 10.2. The Morgan fingerprint density at radius 1 is 1.39 bits per heavy atom. The Balaban J connectivity index is 2.02. The largest absolute Gasteiger partial charge is 0.399 e. The van der Waals surface area contributed by atoms with E-state index in [0.717, 1.165) is 36.1 Å². The molecule has 0 aliphatic carbocycles. The third-order valence-corrected chi connectivity index (χ3v) is 3.63. The first-order chi connectivity index (χ1) is 8.78. The number of nitrogens with two attached hydrogens (primary N) is 1. The SMILES string of the molecule is Nc1ccc2c(N3CCC(CO)C3)ccnc2c1. The van der Waals surface area contributed by atoms with Crippen LogP contribution in [0.3, 0.4) is 0 Å². The Kier molecular flexibility index (Phi) is 2.80. The van der Waals surface area contributed by atoms with Crippen molar-refractivity contribution >= 4 is 22.3 Å². The van der Waals surface area contributed by atoms with Crippen molar-refractivity contribution in [2.75, 3.05) is 30.3 Å². The zero-order chi connectivity index (χ0) is 12.5. The van der Waals surface area contributed by atoms with Gasteiger partial charge in [-0.15, -0.1) is 0 Å². The van der Waals surface area contributed by atoms with E-state index in [-0.39, 0.29) is 6.61 Å². The lowest BCUT2D eigenvalue weighted by Crippen LogP contribution is -2.20. The number of benzene rings is 1. The van der Waals surface area contributed by atoms with Crippen LogP contribution >= 0.6 is 0 Å². The maximum atomic E-state index is 9.22. The second-order valence-electron chi connectivity index (χ2n) is 4.89. The lowest BCUT2D eigenvalue weighted by Gasteiger charge is -2.20. The summed E-state index contributed by atoms with van der Waals surface area (Å²) in [6, 6.07) is 7.88. The van der Waals surface area contributed by atoms with Gasteiger partial charge in [0.05, 0.1) is 5.52 Å². The zero-order valence-electron chi connectivity index (χ0n) is 10.2. The van der Waals surface area contributed by atoms with Gasteiger partial charge in [0.2, 0.25) is 0 Å². The van der Waals surface area contributed by atoms with E-state index in [1.165, 1.54) is 5.69 Å². The summed E-state index contributed by atoms with van der Waals surface area (Å²) in [6.45, 7) is 2.18. The average Bonchev–Trinajstić information content (AvgIpc) is 2.86. The molecule has 0 amide bonds. The number of nitrogens with zero attached hydrogens (tertiary/aromatic N) is 2. The van der Waals surface area contributed by atoms with E-state index in [0.29, 0.717) is 5.92 Å². The van der Waals surface area contributed by atoms with Crippen molar-refractivity contribution in [2.45, 2.75) is 6.42 Å². The van der Waals surface area contributed by atoms with Gasteiger partial charge in [-0.3, -0.25) is 4.98 Å². The predicted molar refractivity (Wildman–Crippen MR) is 73.6 cm³/mol. The molecular weight excluding hydrogens is 226 g/mol. The summed E-state index contributed by atoms with van der Waals surface area (Å²) in [5.74, 6) is 0.391. The minimum atomic E-state index is 0.270. The van der Waals surface area contributed by atoms with Crippen molar-refractivity contribution in [3.63, 3.8) is 0 Å². The van der Waals surface area contributed by atoms with Gasteiger partial charge in [-0.05, 0) is 30.7 Å². The molecular formula is C14H17N3O. The number of rotatable bonds is 2. The van der Waals surface area contributed by atoms with Gasteiger partial charge in [0.25, 0.3) is 0 Å². The van der Waals surface area contributed by atoms with Gasteiger partial charge >= 0.3 is 0 Å². The highest BCUT2D eigenvalue weighted by atomic mass is 16.3.